The molecule has 0 amide bonds. The van der Waals surface area contributed by atoms with E-state index in [2.05, 4.69) is 44.2 Å². The Labute approximate surface area is 204 Å². The van der Waals surface area contributed by atoms with Crippen LogP contribution in [0.1, 0.15) is 54.7 Å². The zero-order valence-electron chi connectivity index (χ0n) is 19.9. The fourth-order valence-electron chi connectivity index (χ4n) is 5.65. The lowest BCUT2D eigenvalue weighted by Crippen LogP contribution is -2.40. The maximum atomic E-state index is 14.2. The Bertz CT molecular complexity index is 1220. The summed E-state index contributed by atoms with van der Waals surface area (Å²) in [5.74, 6) is 0.208. The minimum atomic E-state index is -0.695. The lowest BCUT2D eigenvalue weighted by atomic mass is 9.57. The lowest BCUT2D eigenvalue weighted by Gasteiger charge is -2.47. The summed E-state index contributed by atoms with van der Waals surface area (Å²) in [6, 6.07) is 13.2. The van der Waals surface area contributed by atoms with E-state index < -0.39 is 11.9 Å². The van der Waals surface area contributed by atoms with E-state index in [4.69, 9.17) is 9.84 Å². The summed E-state index contributed by atoms with van der Waals surface area (Å²) < 4.78 is 21.8. The van der Waals surface area contributed by atoms with Crippen molar-refractivity contribution in [3.8, 4) is 11.4 Å². The molecule has 1 heterocycles. The van der Waals surface area contributed by atoms with Crippen molar-refractivity contribution >= 4 is 17.8 Å². The van der Waals surface area contributed by atoms with Crippen LogP contribution in [0.25, 0.3) is 11.8 Å². The van der Waals surface area contributed by atoms with Gasteiger partial charge in [-0.05, 0) is 91.7 Å². The van der Waals surface area contributed by atoms with Crippen LogP contribution in [0.15, 0.2) is 54.2 Å². The summed E-state index contributed by atoms with van der Waals surface area (Å²) in [6.07, 6.45) is 9.27. The highest BCUT2D eigenvalue weighted by Crippen LogP contribution is 2.55. The molecule has 2 aliphatic carbocycles. The molecule has 5 rings (SSSR count). The molecule has 0 unspecified atom stereocenters. The number of aliphatic hydroxyl groups excluding tert-OH is 1. The van der Waals surface area contributed by atoms with Gasteiger partial charge < -0.3 is 9.84 Å². The highest BCUT2D eigenvalue weighted by Gasteiger charge is 2.46. The predicted molar refractivity (Wildman–Crippen MR) is 136 cm³/mol. The minimum Gasteiger partial charge on any atom is -0.480 e. The molecule has 3 atom stereocenters. The number of aliphatic hydroxyl groups is 1. The average Bonchev–Trinajstić information content (AvgIpc) is 3.23. The molecule has 0 bridgehead atoms. The molecule has 1 fully saturated rings. The fourth-order valence-corrected chi connectivity index (χ4v) is 5.89. The first-order chi connectivity index (χ1) is 16.4. The zero-order chi connectivity index (χ0) is 23.9. The van der Waals surface area contributed by atoms with E-state index in [1.807, 2.05) is 17.1 Å². The van der Waals surface area contributed by atoms with E-state index in [1.165, 1.54) is 34.5 Å². The predicted octanol–water partition coefficient (Wildman–Crippen LogP) is 6.50. The van der Waals surface area contributed by atoms with Gasteiger partial charge in [0.25, 0.3) is 0 Å². The zero-order valence-corrected chi connectivity index (χ0v) is 20.7. The first-order valence-electron chi connectivity index (χ1n) is 11.8. The molecule has 6 heteroatoms. The molecule has 3 aromatic rings. The van der Waals surface area contributed by atoms with Gasteiger partial charge in [0.2, 0.25) is 0 Å². The summed E-state index contributed by atoms with van der Waals surface area (Å²) in [5, 5.41) is 16.2. The van der Waals surface area contributed by atoms with Gasteiger partial charge in [-0.3, -0.25) is 0 Å². The maximum Gasteiger partial charge on any atom is 0.165 e. The first kappa shape index (κ1) is 23.2. The molecule has 0 saturated heterocycles. The number of aromatic nitrogens is 2. The summed E-state index contributed by atoms with van der Waals surface area (Å²) in [4.78, 5) is 0. The maximum absolute atomic E-state index is 14.2. The number of fused-ring (bicyclic) bond motifs is 2. The van der Waals surface area contributed by atoms with Gasteiger partial charge in [-0.2, -0.15) is 5.10 Å². The molecule has 1 N–H and O–H groups in total. The fraction of sp³-hybridized carbons (Fsp3) is 0.393. The number of ether oxygens (including phenoxy) is 1. The number of benzene rings is 2. The number of hydrogen-bond donors (Lipinski definition) is 1. The van der Waals surface area contributed by atoms with Crippen LogP contribution in [0.5, 0.6) is 5.75 Å². The molecule has 0 radical (unpaired) electrons. The average molecular weight is 479 g/mol. The molecular formula is C28H31FN2O2S. The molecule has 178 valence electrons. The van der Waals surface area contributed by atoms with Crippen molar-refractivity contribution in [3.05, 3.63) is 82.4 Å². The van der Waals surface area contributed by atoms with Crippen molar-refractivity contribution < 1.29 is 14.2 Å². The van der Waals surface area contributed by atoms with E-state index in [0.29, 0.717) is 11.5 Å². The van der Waals surface area contributed by atoms with Crippen LogP contribution in [0.3, 0.4) is 0 Å². The van der Waals surface area contributed by atoms with Gasteiger partial charge in [-0.15, -0.1) is 11.8 Å². The molecule has 0 spiro atoms. The van der Waals surface area contributed by atoms with Crippen LogP contribution in [-0.4, -0.2) is 27.1 Å². The van der Waals surface area contributed by atoms with Crippen LogP contribution in [-0.2, 0) is 6.42 Å². The highest BCUT2D eigenvalue weighted by molar-refractivity contribution is 7.98. The molecule has 1 aromatic heterocycles. The third-order valence-electron chi connectivity index (χ3n) is 7.56. The quantitative estimate of drug-likeness (QED) is 0.411. The Kier molecular flexibility index (Phi) is 6.30. The van der Waals surface area contributed by atoms with E-state index in [1.54, 1.807) is 12.1 Å². The van der Waals surface area contributed by atoms with Crippen LogP contribution in [0.2, 0.25) is 0 Å². The van der Waals surface area contributed by atoms with Gasteiger partial charge in [0, 0.05) is 0 Å². The normalized spacial score (nSPS) is 22.5. The molecule has 2 aliphatic rings. The topological polar surface area (TPSA) is 47.3 Å². The standard InChI is InChI=1S/C28H31FN2O2S/c1-18-7-10-22(11-8-18)31-25-14-21-5-4-6-23(28(21,2)15-20(25)16-30-31)27(32)19-9-12-24(29)26(13-19)33-17-34-3/h7-14,16,23,27,32H,4-6,15,17H2,1-3H3/t23-,27+,28+/m1/s1. The van der Waals surface area contributed by atoms with Gasteiger partial charge in [0.1, 0.15) is 5.94 Å². The SMILES string of the molecule is CSCOc1cc([C@H](O)[C@H]2CCCC3=Cc4c(cnn4-c4ccc(C)cc4)C[C@@]32C)ccc1F. The largest absolute Gasteiger partial charge is 0.480 e. The summed E-state index contributed by atoms with van der Waals surface area (Å²) in [7, 11) is 0. The number of thioether (sulfide) groups is 1. The second-order valence-electron chi connectivity index (χ2n) is 9.75. The van der Waals surface area contributed by atoms with E-state index >= 15 is 0 Å². The second-order valence-corrected chi connectivity index (χ2v) is 10.6. The summed E-state index contributed by atoms with van der Waals surface area (Å²) in [5.41, 5.74) is 6.53. The van der Waals surface area contributed by atoms with Crippen molar-refractivity contribution in [2.75, 3.05) is 12.2 Å². The molecule has 1 saturated carbocycles. The Balaban J connectivity index is 1.47. The van der Waals surface area contributed by atoms with E-state index in [9.17, 15) is 9.50 Å². The van der Waals surface area contributed by atoms with Gasteiger partial charge in [0.15, 0.2) is 11.6 Å². The van der Waals surface area contributed by atoms with Gasteiger partial charge >= 0.3 is 0 Å². The van der Waals surface area contributed by atoms with Gasteiger partial charge in [0.05, 0.1) is 23.7 Å². The third kappa shape index (κ3) is 4.07. The van der Waals surface area contributed by atoms with E-state index in [-0.39, 0.29) is 17.1 Å². The molecular weight excluding hydrogens is 447 g/mol. The van der Waals surface area contributed by atoms with Crippen molar-refractivity contribution in [1.29, 1.82) is 0 Å². The van der Waals surface area contributed by atoms with Crippen molar-refractivity contribution in [1.82, 2.24) is 9.78 Å². The Hall–Kier alpha value is -2.57. The number of nitrogens with zero attached hydrogens (tertiary/aromatic N) is 2. The van der Waals surface area contributed by atoms with Crippen molar-refractivity contribution in [3.63, 3.8) is 0 Å². The van der Waals surface area contributed by atoms with Crippen LogP contribution < -0.4 is 4.74 Å². The Morgan fingerprint density at radius 2 is 2.06 bits per heavy atom. The Morgan fingerprint density at radius 1 is 1.26 bits per heavy atom. The minimum absolute atomic E-state index is 0.0298. The number of halogens is 1. The first-order valence-corrected chi connectivity index (χ1v) is 13.2. The molecule has 4 nitrogen and oxygen atoms in total. The number of hydrogen-bond acceptors (Lipinski definition) is 4. The van der Waals surface area contributed by atoms with Crippen molar-refractivity contribution in [2.45, 2.75) is 45.6 Å². The van der Waals surface area contributed by atoms with Crippen molar-refractivity contribution in [2.24, 2.45) is 11.3 Å². The number of aryl methyl sites for hydroxylation is 1. The molecule has 2 aromatic carbocycles. The van der Waals surface area contributed by atoms with E-state index in [0.717, 1.165) is 37.1 Å². The summed E-state index contributed by atoms with van der Waals surface area (Å²) >= 11 is 1.49. The summed E-state index contributed by atoms with van der Waals surface area (Å²) in [6.45, 7) is 4.36. The van der Waals surface area contributed by atoms with Gasteiger partial charge in [-0.1, -0.05) is 36.3 Å². The van der Waals surface area contributed by atoms with Crippen LogP contribution >= 0.6 is 11.8 Å². The highest BCUT2D eigenvalue weighted by atomic mass is 32.2. The van der Waals surface area contributed by atoms with Crippen LogP contribution in [0, 0.1) is 24.1 Å². The van der Waals surface area contributed by atoms with Crippen LogP contribution in [0.4, 0.5) is 4.39 Å². The third-order valence-corrected chi connectivity index (χ3v) is 7.91. The monoisotopic (exact) mass is 478 g/mol. The Morgan fingerprint density at radius 3 is 2.82 bits per heavy atom. The van der Waals surface area contributed by atoms with Gasteiger partial charge in [-0.25, -0.2) is 9.07 Å². The smallest absolute Gasteiger partial charge is 0.165 e. The molecule has 0 aliphatic heterocycles. The lowest BCUT2D eigenvalue weighted by molar-refractivity contribution is 0.0215. The second kappa shape index (κ2) is 9.23. The number of allylic oxidation sites excluding steroid dienone is 1. The molecule has 34 heavy (non-hydrogen) atoms. The number of rotatable bonds is 6.